The van der Waals surface area contributed by atoms with Gasteiger partial charge in [0.05, 0.1) is 1.37 Å². The van der Waals surface area contributed by atoms with Crippen molar-refractivity contribution in [2.45, 2.75) is 6.15 Å². The summed E-state index contributed by atoms with van der Waals surface area (Å²) in [6, 6.07) is 0. The maximum Gasteiger partial charge on any atom is 0.125 e. The van der Waals surface area contributed by atoms with Gasteiger partial charge in [0.2, 0.25) is 0 Å². The normalized spacial score (nSPS) is 67.0. The van der Waals surface area contributed by atoms with E-state index in [9.17, 15) is 4.39 Å². The Kier molecular flexibility index (Phi) is 0.142. The van der Waals surface area contributed by atoms with Gasteiger partial charge in [-0.05, 0) is 0 Å². The molecule has 5 heavy (non-hydrogen) atoms. The summed E-state index contributed by atoms with van der Waals surface area (Å²) < 4.78 is 45.9. The van der Waals surface area contributed by atoms with Gasteiger partial charge in [0, 0.05) is 18.5 Å². The number of halogens is 1. The lowest BCUT2D eigenvalue weighted by molar-refractivity contribution is 0.237. The van der Waals surface area contributed by atoms with Crippen molar-refractivity contribution >= 4 is 0 Å². The van der Waals surface area contributed by atoms with E-state index in [-0.39, 0.29) is 0 Å². The number of hydrogen-bond donors (Lipinski definition) is 1. The van der Waals surface area contributed by atoms with Gasteiger partial charge in [-0.2, -0.15) is 0 Å². The summed E-state index contributed by atoms with van der Waals surface area (Å²) in [5.41, 5.74) is 0. The predicted molar refractivity (Wildman–Crippen MR) is 17.8 cm³/mol. The second-order valence-corrected chi connectivity index (χ2v) is 0.689. The van der Waals surface area contributed by atoms with Crippen LogP contribution in [0, 0.1) is 0 Å². The smallest absolute Gasteiger partial charge is 0.125 e. The van der Waals surface area contributed by atoms with Crippen LogP contribution in [0.1, 0.15) is 6.85 Å². The lowest BCUT2D eigenvalue weighted by Gasteiger charge is -2.17. The van der Waals surface area contributed by atoms with E-state index in [0.29, 0.717) is 0 Å². The molecule has 0 amide bonds. The highest BCUT2D eigenvalue weighted by molar-refractivity contribution is 4.71. The Hall–Kier alpha value is -0.110. The lowest BCUT2D eigenvalue weighted by atomic mass is 10.3. The van der Waals surface area contributed by atoms with Crippen molar-refractivity contribution in [3.63, 3.8) is 0 Å². The molecule has 1 heterocycles. The third kappa shape index (κ3) is 0.401. The summed E-state index contributed by atoms with van der Waals surface area (Å²) in [6.45, 7) is -5.15. The second-order valence-electron chi connectivity index (χ2n) is 0.689. The molecule has 1 rings (SSSR count). The molecule has 1 nitrogen and oxygen atoms in total. The molecule has 0 bridgehead atoms. The first-order valence-electron chi connectivity index (χ1n) is 3.69. The van der Waals surface area contributed by atoms with E-state index < -0.39 is 19.1 Å². The molecule has 2 heteroatoms. The summed E-state index contributed by atoms with van der Waals surface area (Å²) in [4.78, 5) is 0. The highest BCUT2D eigenvalue weighted by Crippen LogP contribution is 1.92. The van der Waals surface area contributed by atoms with Crippen molar-refractivity contribution in [1.29, 1.82) is 0 Å². The molecule has 0 spiro atoms. The highest BCUT2D eigenvalue weighted by atomic mass is 19.1. The Morgan fingerprint density at radius 2 is 2.80 bits per heavy atom. The molecule has 30 valence electrons. The first-order chi connectivity index (χ1) is 4.21. The minimum absolute atomic E-state index is 1.65. The fourth-order valence-electron chi connectivity index (χ4n) is 0.110. The van der Waals surface area contributed by atoms with Crippen molar-refractivity contribution in [1.82, 2.24) is 5.32 Å². The molecule has 1 saturated heterocycles. The third-order valence-electron chi connectivity index (χ3n) is 0.344. The molecule has 1 aliphatic heterocycles. The highest BCUT2D eigenvalue weighted by Gasteiger charge is 2.12. The van der Waals surface area contributed by atoms with Gasteiger partial charge in [0.1, 0.15) is 6.15 Å². The summed E-state index contributed by atoms with van der Waals surface area (Å²) in [7, 11) is 0. The van der Waals surface area contributed by atoms with Crippen LogP contribution >= 0.6 is 0 Å². The lowest BCUT2D eigenvalue weighted by Crippen LogP contribution is -2.43. The van der Waals surface area contributed by atoms with Gasteiger partial charge in [-0.1, -0.05) is 0 Å². The zero-order chi connectivity index (χ0) is 8.21. The standard InChI is InChI=1S/C3H6FN/c4-3-1-5-2-3/h3,5H,1-2H2/i1D2,2D2,3D. The Morgan fingerprint density at radius 1 is 2.20 bits per heavy atom. The average molecular weight is 80.1 g/mol. The van der Waals surface area contributed by atoms with Crippen LogP contribution < -0.4 is 5.32 Å². The number of rotatable bonds is 0. The zero-order valence-electron chi connectivity index (χ0n) is 7.38. The SMILES string of the molecule is [2H]C1([2H])NC([2H])([2H])C1([2H])F. The second kappa shape index (κ2) is 0.937. The number of hydrogen-bond acceptors (Lipinski definition) is 1. The van der Waals surface area contributed by atoms with Gasteiger partial charge in [0.25, 0.3) is 0 Å². The van der Waals surface area contributed by atoms with Crippen LogP contribution in [0.3, 0.4) is 0 Å². The molecule has 0 atom stereocenters. The molecule has 1 N–H and O–H groups in total. The average Bonchev–Trinajstić information content (AvgIpc) is 1.61. The minimum Gasteiger partial charge on any atom is -0.311 e. The maximum atomic E-state index is 12.6. The quantitative estimate of drug-likeness (QED) is 0.429. The van der Waals surface area contributed by atoms with E-state index in [2.05, 4.69) is 0 Å². The Bertz CT molecular complexity index is 150. The van der Waals surface area contributed by atoms with E-state index >= 15 is 0 Å². The Balaban J connectivity index is 2.85. The van der Waals surface area contributed by atoms with Crippen molar-refractivity contribution < 1.29 is 11.2 Å². The molecule has 1 fully saturated rings. The van der Waals surface area contributed by atoms with Crippen LogP contribution in [-0.2, 0) is 0 Å². The van der Waals surface area contributed by atoms with Crippen LogP contribution in [0.4, 0.5) is 4.39 Å². The van der Waals surface area contributed by atoms with Gasteiger partial charge in [-0.15, -0.1) is 0 Å². The number of alkyl halides is 1. The zero-order valence-corrected chi connectivity index (χ0v) is 2.38. The summed E-state index contributed by atoms with van der Waals surface area (Å²) >= 11 is 0. The molecule has 0 aromatic carbocycles. The van der Waals surface area contributed by atoms with Crippen LogP contribution in [0.25, 0.3) is 0 Å². The van der Waals surface area contributed by atoms with Crippen LogP contribution in [0.2, 0.25) is 0 Å². The van der Waals surface area contributed by atoms with Gasteiger partial charge < -0.3 is 5.32 Å². The molecule has 0 aliphatic carbocycles. The molecule has 0 saturated carbocycles. The van der Waals surface area contributed by atoms with Crippen molar-refractivity contribution in [2.24, 2.45) is 0 Å². The van der Waals surface area contributed by atoms with Gasteiger partial charge in [-0.25, -0.2) is 4.39 Å². The molecule has 1 aliphatic rings. The van der Waals surface area contributed by atoms with Gasteiger partial charge in [-0.3, -0.25) is 0 Å². The monoisotopic (exact) mass is 80.1 g/mol. The van der Waals surface area contributed by atoms with Crippen molar-refractivity contribution in [3.05, 3.63) is 0 Å². The number of nitrogens with one attached hydrogen (secondary N) is 1. The molecule has 0 unspecified atom stereocenters. The fourth-order valence-corrected chi connectivity index (χ4v) is 0.110. The largest absolute Gasteiger partial charge is 0.311 e. The summed E-state index contributed by atoms with van der Waals surface area (Å²) in [5.74, 6) is 0. The Labute approximate surface area is 37.2 Å². The molecular formula is C3H6FN. The molecule has 0 radical (unpaired) electrons. The summed E-state index contributed by atoms with van der Waals surface area (Å²) in [5, 5.41) is 1.65. The minimum atomic E-state index is -3.18. The third-order valence-corrected chi connectivity index (χ3v) is 0.344. The molecule has 0 aromatic heterocycles. The first-order valence-corrected chi connectivity index (χ1v) is 1.19. The van der Waals surface area contributed by atoms with Crippen LogP contribution in [-0.4, -0.2) is 19.1 Å². The maximum absolute atomic E-state index is 12.6. The predicted octanol–water partition coefficient (Wildman–Crippen LogP) is -0.0723. The van der Waals surface area contributed by atoms with Gasteiger partial charge in [0.15, 0.2) is 0 Å². The molecule has 0 aromatic rings. The van der Waals surface area contributed by atoms with E-state index in [4.69, 9.17) is 6.85 Å². The fraction of sp³-hybridized carbons (Fsp3) is 1.00. The summed E-state index contributed by atoms with van der Waals surface area (Å²) in [6.07, 6.45) is -3.18. The van der Waals surface area contributed by atoms with E-state index in [1.54, 1.807) is 5.32 Å². The van der Waals surface area contributed by atoms with E-state index in [1.165, 1.54) is 0 Å². The topological polar surface area (TPSA) is 12.0 Å². The van der Waals surface area contributed by atoms with Crippen LogP contribution in [0.5, 0.6) is 0 Å². The van der Waals surface area contributed by atoms with Crippen LogP contribution in [0.15, 0.2) is 0 Å². The van der Waals surface area contributed by atoms with Gasteiger partial charge >= 0.3 is 0 Å². The Morgan fingerprint density at radius 3 is 2.80 bits per heavy atom. The van der Waals surface area contributed by atoms with Crippen molar-refractivity contribution in [2.75, 3.05) is 13.0 Å². The first kappa shape index (κ1) is 0.757. The van der Waals surface area contributed by atoms with Crippen molar-refractivity contribution in [3.8, 4) is 0 Å². The molecular weight excluding hydrogens is 69.0 g/mol. The van der Waals surface area contributed by atoms with E-state index in [0.717, 1.165) is 0 Å². The van der Waals surface area contributed by atoms with E-state index in [1.807, 2.05) is 0 Å².